The first-order valence-electron chi connectivity index (χ1n) is 7.80. The van der Waals surface area contributed by atoms with E-state index in [0.29, 0.717) is 13.2 Å². The molecule has 2 rings (SSSR count). The Hall–Kier alpha value is -1.10. The summed E-state index contributed by atoms with van der Waals surface area (Å²) in [6, 6.07) is 8.22. The molecule has 21 heavy (non-hydrogen) atoms. The summed E-state index contributed by atoms with van der Waals surface area (Å²) in [5.41, 5.74) is 6.74. The number of nitrogens with two attached hydrogens (primary N) is 1. The molecule has 2 N–H and O–H groups in total. The standard InChI is InChI=1S/C17H28N2O2/c1-14-12-19(13-17(2,3)21-14)10-11-20-16-6-4-15(5-7-16)8-9-18/h4-7,14H,8-13,18H2,1-3H3. The number of rotatable bonds is 6. The van der Waals surface area contributed by atoms with E-state index in [9.17, 15) is 0 Å². The fraction of sp³-hybridized carbons (Fsp3) is 0.647. The van der Waals surface area contributed by atoms with Gasteiger partial charge >= 0.3 is 0 Å². The molecule has 4 heteroatoms. The highest BCUT2D eigenvalue weighted by Gasteiger charge is 2.30. The highest BCUT2D eigenvalue weighted by Crippen LogP contribution is 2.20. The molecule has 1 aromatic rings. The minimum atomic E-state index is -0.0679. The van der Waals surface area contributed by atoms with E-state index in [1.54, 1.807) is 0 Å². The Balaban J connectivity index is 1.76. The van der Waals surface area contributed by atoms with Crippen LogP contribution in [-0.4, -0.2) is 49.4 Å². The van der Waals surface area contributed by atoms with E-state index in [0.717, 1.165) is 31.8 Å². The van der Waals surface area contributed by atoms with Crippen molar-refractivity contribution < 1.29 is 9.47 Å². The van der Waals surface area contributed by atoms with Crippen molar-refractivity contribution in [3.8, 4) is 5.75 Å². The lowest BCUT2D eigenvalue weighted by molar-refractivity contribution is -0.129. The van der Waals surface area contributed by atoms with Gasteiger partial charge in [-0.3, -0.25) is 4.90 Å². The Bertz CT molecular complexity index is 431. The zero-order chi connectivity index (χ0) is 15.3. The zero-order valence-electron chi connectivity index (χ0n) is 13.5. The maximum Gasteiger partial charge on any atom is 0.119 e. The highest BCUT2D eigenvalue weighted by molar-refractivity contribution is 5.27. The maximum absolute atomic E-state index is 5.91. The minimum absolute atomic E-state index is 0.0679. The van der Waals surface area contributed by atoms with Gasteiger partial charge in [0.1, 0.15) is 12.4 Å². The first-order valence-corrected chi connectivity index (χ1v) is 7.80. The van der Waals surface area contributed by atoms with Gasteiger partial charge in [-0.2, -0.15) is 0 Å². The summed E-state index contributed by atoms with van der Waals surface area (Å²) < 4.78 is 11.7. The first kappa shape index (κ1) is 16.3. The molecule has 0 saturated carbocycles. The minimum Gasteiger partial charge on any atom is -0.492 e. The first-order chi connectivity index (χ1) is 9.98. The van der Waals surface area contributed by atoms with E-state index < -0.39 is 0 Å². The largest absolute Gasteiger partial charge is 0.492 e. The van der Waals surface area contributed by atoms with Crippen molar-refractivity contribution in [2.75, 3.05) is 32.8 Å². The molecule has 1 aliphatic heterocycles. The van der Waals surface area contributed by atoms with Crippen LogP contribution in [0.15, 0.2) is 24.3 Å². The second kappa shape index (κ2) is 7.25. The number of hydrogen-bond acceptors (Lipinski definition) is 4. The average molecular weight is 292 g/mol. The molecule has 0 spiro atoms. The molecule has 1 atom stereocenters. The third-order valence-corrected chi connectivity index (χ3v) is 3.67. The van der Waals surface area contributed by atoms with Gasteiger partial charge in [0.2, 0.25) is 0 Å². The van der Waals surface area contributed by atoms with Crippen LogP contribution in [0.1, 0.15) is 26.3 Å². The lowest BCUT2D eigenvalue weighted by Gasteiger charge is -2.41. The van der Waals surface area contributed by atoms with Crippen LogP contribution in [0.25, 0.3) is 0 Å². The predicted octanol–water partition coefficient (Wildman–Crippen LogP) is 2.07. The Kier molecular flexibility index (Phi) is 5.62. The number of nitrogens with zero attached hydrogens (tertiary/aromatic N) is 1. The summed E-state index contributed by atoms with van der Waals surface area (Å²) in [6.07, 6.45) is 1.20. The summed E-state index contributed by atoms with van der Waals surface area (Å²) in [7, 11) is 0. The van der Waals surface area contributed by atoms with E-state index in [2.05, 4.69) is 37.8 Å². The van der Waals surface area contributed by atoms with Gasteiger partial charge in [0.05, 0.1) is 11.7 Å². The van der Waals surface area contributed by atoms with Gasteiger partial charge in [0.25, 0.3) is 0 Å². The molecule has 1 fully saturated rings. The van der Waals surface area contributed by atoms with Gasteiger partial charge in [-0.1, -0.05) is 12.1 Å². The SMILES string of the molecule is CC1CN(CCOc2ccc(CCN)cc2)CC(C)(C)O1. The number of ether oxygens (including phenoxy) is 2. The van der Waals surface area contributed by atoms with E-state index in [4.69, 9.17) is 15.2 Å². The third kappa shape index (κ3) is 5.30. The summed E-state index contributed by atoms with van der Waals surface area (Å²) in [5.74, 6) is 0.927. The summed E-state index contributed by atoms with van der Waals surface area (Å²) in [5, 5.41) is 0. The lowest BCUT2D eigenvalue weighted by Crippen LogP contribution is -2.52. The fourth-order valence-corrected chi connectivity index (χ4v) is 2.97. The summed E-state index contributed by atoms with van der Waals surface area (Å²) in [6.45, 7) is 10.7. The number of morpholine rings is 1. The van der Waals surface area contributed by atoms with Crippen molar-refractivity contribution in [3.63, 3.8) is 0 Å². The van der Waals surface area contributed by atoms with Gasteiger partial charge in [-0.15, -0.1) is 0 Å². The number of hydrogen-bond donors (Lipinski definition) is 1. The summed E-state index contributed by atoms with van der Waals surface area (Å²) >= 11 is 0. The second-order valence-corrected chi connectivity index (χ2v) is 6.45. The Morgan fingerprint density at radius 1 is 1.33 bits per heavy atom. The van der Waals surface area contributed by atoms with Crippen LogP contribution in [0.3, 0.4) is 0 Å². The molecular formula is C17H28N2O2. The molecule has 0 aliphatic carbocycles. The van der Waals surface area contributed by atoms with Crippen molar-refractivity contribution in [3.05, 3.63) is 29.8 Å². The van der Waals surface area contributed by atoms with Crippen molar-refractivity contribution in [1.29, 1.82) is 0 Å². The Labute approximate surface area is 128 Å². The molecule has 1 aliphatic rings. The average Bonchev–Trinajstić information content (AvgIpc) is 2.39. The van der Waals surface area contributed by atoms with Crippen LogP contribution in [-0.2, 0) is 11.2 Å². The van der Waals surface area contributed by atoms with E-state index >= 15 is 0 Å². The third-order valence-electron chi connectivity index (χ3n) is 3.67. The fourth-order valence-electron chi connectivity index (χ4n) is 2.97. The molecule has 0 amide bonds. The monoisotopic (exact) mass is 292 g/mol. The van der Waals surface area contributed by atoms with Crippen LogP contribution in [0.5, 0.6) is 5.75 Å². The molecule has 1 heterocycles. The second-order valence-electron chi connectivity index (χ2n) is 6.45. The van der Waals surface area contributed by atoms with Gasteiger partial charge in [-0.05, 0) is 51.4 Å². The van der Waals surface area contributed by atoms with Crippen molar-refractivity contribution in [2.45, 2.75) is 38.9 Å². The number of benzene rings is 1. The molecule has 1 saturated heterocycles. The van der Waals surface area contributed by atoms with Crippen LogP contribution >= 0.6 is 0 Å². The van der Waals surface area contributed by atoms with Crippen LogP contribution in [0.4, 0.5) is 0 Å². The lowest BCUT2D eigenvalue weighted by atomic mass is 10.1. The van der Waals surface area contributed by atoms with E-state index in [1.807, 2.05) is 12.1 Å². The van der Waals surface area contributed by atoms with Gasteiger partial charge < -0.3 is 15.2 Å². The van der Waals surface area contributed by atoms with Gasteiger partial charge in [0.15, 0.2) is 0 Å². The van der Waals surface area contributed by atoms with Gasteiger partial charge in [-0.25, -0.2) is 0 Å². The molecule has 118 valence electrons. The Morgan fingerprint density at radius 2 is 2.05 bits per heavy atom. The van der Waals surface area contributed by atoms with Crippen LogP contribution in [0.2, 0.25) is 0 Å². The van der Waals surface area contributed by atoms with Crippen LogP contribution < -0.4 is 10.5 Å². The van der Waals surface area contributed by atoms with Crippen molar-refractivity contribution >= 4 is 0 Å². The van der Waals surface area contributed by atoms with Crippen molar-refractivity contribution in [2.24, 2.45) is 5.73 Å². The molecule has 0 bridgehead atoms. The molecule has 0 aromatic heterocycles. The highest BCUT2D eigenvalue weighted by atomic mass is 16.5. The maximum atomic E-state index is 5.91. The predicted molar refractivity (Wildman–Crippen MR) is 85.8 cm³/mol. The molecule has 0 radical (unpaired) electrons. The van der Waals surface area contributed by atoms with E-state index in [-0.39, 0.29) is 11.7 Å². The quantitative estimate of drug-likeness (QED) is 0.872. The zero-order valence-corrected chi connectivity index (χ0v) is 13.5. The smallest absolute Gasteiger partial charge is 0.119 e. The van der Waals surface area contributed by atoms with Crippen LogP contribution in [0, 0.1) is 0 Å². The van der Waals surface area contributed by atoms with E-state index in [1.165, 1.54) is 5.56 Å². The molecule has 1 aromatic carbocycles. The van der Waals surface area contributed by atoms with Gasteiger partial charge in [0, 0.05) is 19.6 Å². The molecular weight excluding hydrogens is 264 g/mol. The van der Waals surface area contributed by atoms with Crippen molar-refractivity contribution in [1.82, 2.24) is 4.90 Å². The summed E-state index contributed by atoms with van der Waals surface area (Å²) in [4.78, 5) is 2.41. The molecule has 4 nitrogen and oxygen atoms in total. The Morgan fingerprint density at radius 3 is 2.67 bits per heavy atom. The normalized spacial score (nSPS) is 22.2. The molecule has 1 unspecified atom stereocenters. The topological polar surface area (TPSA) is 47.7 Å².